The van der Waals surface area contributed by atoms with Gasteiger partial charge in [-0.05, 0) is 37.9 Å². The number of ether oxygens (including phenoxy) is 1. The van der Waals surface area contributed by atoms with Crippen LogP contribution in [-0.4, -0.2) is 23.6 Å². The van der Waals surface area contributed by atoms with Crippen molar-refractivity contribution in [3.63, 3.8) is 0 Å². The van der Waals surface area contributed by atoms with E-state index >= 15 is 0 Å². The zero-order valence-corrected chi connectivity index (χ0v) is 13.3. The SMILES string of the molecule is CCN1Cc2cc(C(C)C)cc(Cl)c2OCC1(C)C. The number of hydrogen-bond donors (Lipinski definition) is 0. The predicted octanol–water partition coefficient (Wildman–Crippen LogP) is 4.46. The molecule has 0 spiro atoms. The Bertz CT molecular complexity index is 468. The van der Waals surface area contributed by atoms with E-state index in [1.807, 2.05) is 6.07 Å². The molecule has 0 saturated carbocycles. The number of rotatable bonds is 2. The number of likely N-dealkylation sites (N-methyl/N-ethyl adjacent to an activating group) is 1. The molecular weight excluding hydrogens is 258 g/mol. The van der Waals surface area contributed by atoms with E-state index in [4.69, 9.17) is 16.3 Å². The summed E-state index contributed by atoms with van der Waals surface area (Å²) in [5.74, 6) is 1.35. The molecule has 0 N–H and O–H groups in total. The van der Waals surface area contributed by atoms with Gasteiger partial charge in [0.05, 0.1) is 5.02 Å². The molecule has 1 aliphatic rings. The molecule has 0 fully saturated rings. The van der Waals surface area contributed by atoms with Gasteiger partial charge in [-0.25, -0.2) is 0 Å². The Kier molecular flexibility index (Phi) is 4.12. The minimum atomic E-state index is 0.0368. The van der Waals surface area contributed by atoms with Gasteiger partial charge < -0.3 is 4.74 Å². The zero-order chi connectivity index (χ0) is 14.2. The van der Waals surface area contributed by atoms with Gasteiger partial charge in [-0.15, -0.1) is 0 Å². The largest absolute Gasteiger partial charge is 0.490 e. The van der Waals surface area contributed by atoms with Crippen LogP contribution in [0.4, 0.5) is 0 Å². The summed E-state index contributed by atoms with van der Waals surface area (Å²) in [6.45, 7) is 13.6. The van der Waals surface area contributed by atoms with Gasteiger partial charge in [0.25, 0.3) is 0 Å². The van der Waals surface area contributed by atoms with Crippen LogP contribution in [0.3, 0.4) is 0 Å². The van der Waals surface area contributed by atoms with Crippen molar-refractivity contribution in [2.45, 2.75) is 52.6 Å². The lowest BCUT2D eigenvalue weighted by Crippen LogP contribution is -2.46. The molecule has 0 bridgehead atoms. The summed E-state index contributed by atoms with van der Waals surface area (Å²) in [5, 5.41) is 0.745. The smallest absolute Gasteiger partial charge is 0.142 e. The Morgan fingerprint density at radius 3 is 2.63 bits per heavy atom. The first-order valence-electron chi connectivity index (χ1n) is 7.05. The second kappa shape index (κ2) is 5.34. The van der Waals surface area contributed by atoms with E-state index < -0.39 is 0 Å². The minimum absolute atomic E-state index is 0.0368. The molecule has 0 amide bonds. The molecular formula is C16H24ClNO. The molecule has 1 aromatic carbocycles. The molecule has 1 aliphatic heterocycles. The predicted molar refractivity (Wildman–Crippen MR) is 81.2 cm³/mol. The van der Waals surface area contributed by atoms with Crippen molar-refractivity contribution in [1.82, 2.24) is 4.90 Å². The van der Waals surface area contributed by atoms with Crippen molar-refractivity contribution in [3.05, 3.63) is 28.3 Å². The molecule has 0 saturated heterocycles. The molecule has 2 nitrogen and oxygen atoms in total. The Labute approximate surface area is 121 Å². The van der Waals surface area contributed by atoms with Gasteiger partial charge in [-0.2, -0.15) is 0 Å². The molecule has 3 heteroatoms. The first-order chi connectivity index (χ1) is 8.85. The van der Waals surface area contributed by atoms with Crippen molar-refractivity contribution >= 4 is 11.6 Å². The number of hydrogen-bond acceptors (Lipinski definition) is 2. The van der Waals surface area contributed by atoms with Gasteiger partial charge in [-0.3, -0.25) is 4.90 Å². The third kappa shape index (κ3) is 2.90. The second-order valence-corrected chi connectivity index (χ2v) is 6.67. The van der Waals surface area contributed by atoms with E-state index in [9.17, 15) is 0 Å². The monoisotopic (exact) mass is 281 g/mol. The minimum Gasteiger partial charge on any atom is -0.490 e. The molecule has 0 unspecified atom stereocenters. The lowest BCUT2D eigenvalue weighted by atomic mass is 9.99. The van der Waals surface area contributed by atoms with Gasteiger partial charge in [-0.1, -0.05) is 38.4 Å². The van der Waals surface area contributed by atoms with Crippen LogP contribution in [0.5, 0.6) is 5.75 Å². The first kappa shape index (κ1) is 14.7. The van der Waals surface area contributed by atoms with E-state index in [0.29, 0.717) is 12.5 Å². The summed E-state index contributed by atoms with van der Waals surface area (Å²) in [7, 11) is 0. The summed E-state index contributed by atoms with van der Waals surface area (Å²) in [5.41, 5.74) is 2.53. The molecule has 19 heavy (non-hydrogen) atoms. The maximum Gasteiger partial charge on any atom is 0.142 e. The topological polar surface area (TPSA) is 12.5 Å². The Morgan fingerprint density at radius 1 is 1.37 bits per heavy atom. The molecule has 0 radical (unpaired) electrons. The third-order valence-electron chi connectivity index (χ3n) is 3.98. The number of benzene rings is 1. The van der Waals surface area contributed by atoms with E-state index in [1.165, 1.54) is 11.1 Å². The zero-order valence-electron chi connectivity index (χ0n) is 12.6. The number of nitrogens with zero attached hydrogens (tertiary/aromatic N) is 1. The highest BCUT2D eigenvalue weighted by Gasteiger charge is 2.31. The van der Waals surface area contributed by atoms with E-state index in [0.717, 1.165) is 23.9 Å². The van der Waals surface area contributed by atoms with Crippen molar-refractivity contribution in [1.29, 1.82) is 0 Å². The standard InChI is InChI=1S/C16H24ClNO/c1-6-18-9-13-7-12(11(2)3)8-14(17)15(13)19-10-16(18,4)5/h7-8,11H,6,9-10H2,1-5H3. The van der Waals surface area contributed by atoms with E-state index in [-0.39, 0.29) is 5.54 Å². The summed E-state index contributed by atoms with van der Waals surface area (Å²) in [6.07, 6.45) is 0. The lowest BCUT2D eigenvalue weighted by Gasteiger charge is -2.35. The Morgan fingerprint density at radius 2 is 2.05 bits per heavy atom. The number of halogens is 1. The van der Waals surface area contributed by atoms with Gasteiger partial charge in [0.2, 0.25) is 0 Å². The third-order valence-corrected chi connectivity index (χ3v) is 4.26. The van der Waals surface area contributed by atoms with Crippen molar-refractivity contribution in [2.24, 2.45) is 0 Å². The van der Waals surface area contributed by atoms with Gasteiger partial charge >= 0.3 is 0 Å². The molecule has 1 heterocycles. The van der Waals surface area contributed by atoms with Gasteiger partial charge in [0.1, 0.15) is 12.4 Å². The Hall–Kier alpha value is -0.730. The fraction of sp³-hybridized carbons (Fsp3) is 0.625. The normalized spacial score (nSPS) is 18.9. The lowest BCUT2D eigenvalue weighted by molar-refractivity contribution is 0.0806. The quantitative estimate of drug-likeness (QED) is 0.794. The second-order valence-electron chi connectivity index (χ2n) is 6.26. The van der Waals surface area contributed by atoms with Crippen LogP contribution in [0.25, 0.3) is 0 Å². The van der Waals surface area contributed by atoms with Crippen LogP contribution >= 0.6 is 11.6 Å². The number of fused-ring (bicyclic) bond motifs is 1. The summed E-state index contributed by atoms with van der Waals surface area (Å²) < 4.78 is 5.99. The molecule has 1 aromatic rings. The highest BCUT2D eigenvalue weighted by Crippen LogP contribution is 2.37. The van der Waals surface area contributed by atoms with Crippen molar-refractivity contribution in [2.75, 3.05) is 13.2 Å². The van der Waals surface area contributed by atoms with Crippen LogP contribution in [0.1, 0.15) is 51.7 Å². The van der Waals surface area contributed by atoms with Crippen molar-refractivity contribution in [3.8, 4) is 5.75 Å². The summed E-state index contributed by atoms with van der Waals surface area (Å²) >= 11 is 6.40. The van der Waals surface area contributed by atoms with E-state index in [1.54, 1.807) is 0 Å². The molecule has 106 valence electrons. The van der Waals surface area contributed by atoms with Gasteiger partial charge in [0, 0.05) is 17.6 Å². The summed E-state index contributed by atoms with van der Waals surface area (Å²) in [4.78, 5) is 2.44. The fourth-order valence-electron chi connectivity index (χ4n) is 2.59. The fourth-order valence-corrected chi connectivity index (χ4v) is 2.89. The van der Waals surface area contributed by atoms with Crippen LogP contribution in [0.2, 0.25) is 5.02 Å². The van der Waals surface area contributed by atoms with Crippen LogP contribution in [0, 0.1) is 0 Å². The highest BCUT2D eigenvalue weighted by molar-refractivity contribution is 6.32. The van der Waals surface area contributed by atoms with Crippen LogP contribution in [-0.2, 0) is 6.54 Å². The summed E-state index contributed by atoms with van der Waals surface area (Å²) in [6, 6.07) is 4.29. The van der Waals surface area contributed by atoms with Gasteiger partial charge in [0.15, 0.2) is 0 Å². The van der Waals surface area contributed by atoms with Crippen LogP contribution in [0.15, 0.2) is 12.1 Å². The average Bonchev–Trinajstić information content (AvgIpc) is 2.45. The maximum atomic E-state index is 6.40. The highest BCUT2D eigenvalue weighted by atomic mass is 35.5. The Balaban J connectivity index is 2.45. The molecule has 0 aliphatic carbocycles. The molecule has 0 atom stereocenters. The first-order valence-corrected chi connectivity index (χ1v) is 7.43. The van der Waals surface area contributed by atoms with Crippen molar-refractivity contribution < 1.29 is 4.74 Å². The molecule has 2 rings (SSSR count). The van der Waals surface area contributed by atoms with Crippen LogP contribution < -0.4 is 4.74 Å². The maximum absolute atomic E-state index is 6.40. The molecule has 0 aromatic heterocycles. The van der Waals surface area contributed by atoms with E-state index in [2.05, 4.69) is 45.6 Å². The average molecular weight is 282 g/mol.